The van der Waals surface area contributed by atoms with Gasteiger partial charge in [0.1, 0.15) is 6.10 Å². The lowest BCUT2D eigenvalue weighted by Gasteiger charge is -2.17. The van der Waals surface area contributed by atoms with Crippen molar-refractivity contribution in [3.05, 3.63) is 65.5 Å². The average Bonchev–Trinajstić information content (AvgIpc) is 2.38. The molecule has 0 aliphatic rings. The summed E-state index contributed by atoms with van der Waals surface area (Å²) in [4.78, 5) is 3.76. The van der Waals surface area contributed by atoms with E-state index in [2.05, 4.69) is 4.98 Å². The van der Waals surface area contributed by atoms with Crippen molar-refractivity contribution < 1.29 is 18.3 Å². The predicted octanol–water partition coefficient (Wildman–Crippen LogP) is 3.18. The second kappa shape index (κ2) is 4.78. The molecular formula is C13H10F3NO. The zero-order chi connectivity index (χ0) is 13.2. The monoisotopic (exact) mass is 253 g/mol. The molecule has 1 aromatic heterocycles. The van der Waals surface area contributed by atoms with Gasteiger partial charge in [0, 0.05) is 12.4 Å². The van der Waals surface area contributed by atoms with Crippen molar-refractivity contribution in [1.82, 2.24) is 4.98 Å². The molecule has 0 spiro atoms. The van der Waals surface area contributed by atoms with Gasteiger partial charge in [-0.15, -0.1) is 0 Å². The van der Waals surface area contributed by atoms with Crippen molar-refractivity contribution >= 4 is 0 Å². The molecular weight excluding hydrogens is 243 g/mol. The lowest BCUT2D eigenvalue weighted by atomic mass is 9.97. The first-order valence-electron chi connectivity index (χ1n) is 5.24. The Morgan fingerprint density at radius 3 is 2.22 bits per heavy atom. The number of pyridine rings is 1. The first kappa shape index (κ1) is 12.6. The Bertz CT molecular complexity index is 525. The summed E-state index contributed by atoms with van der Waals surface area (Å²) in [5.74, 6) is 0. The van der Waals surface area contributed by atoms with E-state index in [1.807, 2.05) is 0 Å². The van der Waals surface area contributed by atoms with Gasteiger partial charge < -0.3 is 5.11 Å². The van der Waals surface area contributed by atoms with E-state index < -0.39 is 17.8 Å². The molecule has 0 aliphatic heterocycles. The lowest BCUT2D eigenvalue weighted by Crippen LogP contribution is -2.12. The Morgan fingerprint density at radius 1 is 1.00 bits per heavy atom. The minimum Gasteiger partial charge on any atom is -0.384 e. The van der Waals surface area contributed by atoms with E-state index in [-0.39, 0.29) is 5.56 Å². The van der Waals surface area contributed by atoms with Crippen LogP contribution in [0.25, 0.3) is 0 Å². The van der Waals surface area contributed by atoms with E-state index in [1.54, 1.807) is 0 Å². The number of nitrogens with zero attached hydrogens (tertiary/aromatic N) is 1. The third-order valence-corrected chi connectivity index (χ3v) is 2.58. The normalized spacial score (nSPS) is 13.3. The van der Waals surface area contributed by atoms with Gasteiger partial charge in [-0.25, -0.2) is 0 Å². The molecule has 1 N–H and O–H groups in total. The van der Waals surface area contributed by atoms with Crippen LogP contribution >= 0.6 is 0 Å². The Morgan fingerprint density at radius 2 is 1.61 bits per heavy atom. The fraction of sp³-hybridized carbons (Fsp3) is 0.154. The van der Waals surface area contributed by atoms with E-state index in [9.17, 15) is 18.3 Å². The van der Waals surface area contributed by atoms with Gasteiger partial charge >= 0.3 is 6.18 Å². The Kier molecular flexibility index (Phi) is 3.34. The highest BCUT2D eigenvalue weighted by atomic mass is 19.4. The molecule has 1 aromatic carbocycles. The summed E-state index contributed by atoms with van der Waals surface area (Å²) >= 11 is 0. The lowest BCUT2D eigenvalue weighted by molar-refractivity contribution is -0.139. The van der Waals surface area contributed by atoms with Gasteiger partial charge in [-0.3, -0.25) is 4.98 Å². The number of rotatable bonds is 2. The van der Waals surface area contributed by atoms with Crippen LogP contribution in [-0.4, -0.2) is 10.1 Å². The van der Waals surface area contributed by atoms with Crippen LogP contribution in [0, 0.1) is 0 Å². The maximum atomic E-state index is 12.8. The highest BCUT2D eigenvalue weighted by Gasteiger charge is 2.34. The molecule has 0 aliphatic carbocycles. The van der Waals surface area contributed by atoms with E-state index in [0.717, 1.165) is 6.07 Å². The fourth-order valence-electron chi connectivity index (χ4n) is 1.72. The van der Waals surface area contributed by atoms with Gasteiger partial charge in [-0.1, -0.05) is 18.2 Å². The minimum absolute atomic E-state index is 0.156. The van der Waals surface area contributed by atoms with Crippen LogP contribution in [0.4, 0.5) is 13.2 Å². The standard InChI is InChI=1S/C13H10F3NO/c14-13(15,16)11-4-2-1-3-10(11)12(18)9-5-7-17-8-6-9/h1-8,12,18H. The molecule has 94 valence electrons. The first-order valence-corrected chi connectivity index (χ1v) is 5.24. The first-order chi connectivity index (χ1) is 8.50. The maximum Gasteiger partial charge on any atom is 0.416 e. The van der Waals surface area contributed by atoms with Crippen LogP contribution in [0.2, 0.25) is 0 Å². The largest absolute Gasteiger partial charge is 0.416 e. The summed E-state index contributed by atoms with van der Waals surface area (Å²) in [5.41, 5.74) is -0.604. The summed E-state index contributed by atoms with van der Waals surface area (Å²) in [6.45, 7) is 0. The average molecular weight is 253 g/mol. The van der Waals surface area contributed by atoms with Gasteiger partial charge in [0.05, 0.1) is 5.56 Å². The Balaban J connectivity index is 2.46. The van der Waals surface area contributed by atoms with E-state index in [4.69, 9.17) is 0 Å². The number of hydrogen-bond donors (Lipinski definition) is 1. The SMILES string of the molecule is OC(c1ccncc1)c1ccccc1C(F)(F)F. The molecule has 2 nitrogen and oxygen atoms in total. The molecule has 1 unspecified atom stereocenters. The molecule has 2 rings (SSSR count). The summed E-state index contributed by atoms with van der Waals surface area (Å²) in [6, 6.07) is 7.96. The molecule has 0 saturated heterocycles. The predicted molar refractivity (Wildman–Crippen MR) is 59.7 cm³/mol. The molecule has 0 radical (unpaired) electrons. The van der Waals surface area contributed by atoms with Gasteiger partial charge in [0.25, 0.3) is 0 Å². The number of benzene rings is 1. The summed E-state index contributed by atoms with van der Waals surface area (Å²) in [7, 11) is 0. The molecule has 2 aromatic rings. The number of aliphatic hydroxyl groups is 1. The smallest absolute Gasteiger partial charge is 0.384 e. The Labute approximate surface area is 102 Å². The van der Waals surface area contributed by atoms with Crippen LogP contribution in [0.5, 0.6) is 0 Å². The van der Waals surface area contributed by atoms with Crippen LogP contribution in [0.1, 0.15) is 22.8 Å². The van der Waals surface area contributed by atoms with Crippen molar-refractivity contribution in [1.29, 1.82) is 0 Å². The number of halogens is 3. The molecule has 0 amide bonds. The second-order valence-corrected chi connectivity index (χ2v) is 3.77. The van der Waals surface area contributed by atoms with Gasteiger partial charge in [-0.2, -0.15) is 13.2 Å². The van der Waals surface area contributed by atoms with E-state index in [0.29, 0.717) is 5.56 Å². The second-order valence-electron chi connectivity index (χ2n) is 3.77. The van der Waals surface area contributed by atoms with Gasteiger partial charge in [0.2, 0.25) is 0 Å². The van der Waals surface area contributed by atoms with Crippen LogP contribution in [-0.2, 0) is 6.18 Å². The maximum absolute atomic E-state index is 12.8. The quantitative estimate of drug-likeness (QED) is 0.891. The molecule has 0 fully saturated rings. The van der Waals surface area contributed by atoms with Crippen LogP contribution in [0.15, 0.2) is 48.8 Å². The summed E-state index contributed by atoms with van der Waals surface area (Å²) in [6.07, 6.45) is -2.94. The highest BCUT2D eigenvalue weighted by Crippen LogP contribution is 2.36. The minimum atomic E-state index is -4.48. The number of aromatic nitrogens is 1. The third-order valence-electron chi connectivity index (χ3n) is 2.58. The molecule has 0 saturated carbocycles. The summed E-state index contributed by atoms with van der Waals surface area (Å²) < 4.78 is 38.4. The number of aliphatic hydroxyl groups excluding tert-OH is 1. The van der Waals surface area contributed by atoms with Crippen molar-refractivity contribution in [2.24, 2.45) is 0 Å². The van der Waals surface area contributed by atoms with Crippen molar-refractivity contribution in [2.45, 2.75) is 12.3 Å². The van der Waals surface area contributed by atoms with Crippen molar-refractivity contribution in [3.8, 4) is 0 Å². The third kappa shape index (κ3) is 2.51. The molecule has 1 atom stereocenters. The van der Waals surface area contributed by atoms with Crippen LogP contribution in [0.3, 0.4) is 0 Å². The zero-order valence-corrected chi connectivity index (χ0v) is 9.22. The summed E-state index contributed by atoms with van der Waals surface area (Å²) in [5, 5.41) is 10.0. The number of alkyl halides is 3. The molecule has 1 heterocycles. The van der Waals surface area contributed by atoms with E-state index in [1.165, 1.54) is 42.7 Å². The molecule has 0 bridgehead atoms. The van der Waals surface area contributed by atoms with E-state index >= 15 is 0 Å². The van der Waals surface area contributed by atoms with Crippen LogP contribution < -0.4 is 0 Å². The fourth-order valence-corrected chi connectivity index (χ4v) is 1.72. The Hall–Kier alpha value is -1.88. The van der Waals surface area contributed by atoms with Crippen molar-refractivity contribution in [3.63, 3.8) is 0 Å². The topological polar surface area (TPSA) is 33.1 Å². The molecule has 18 heavy (non-hydrogen) atoms. The van der Waals surface area contributed by atoms with Gasteiger partial charge in [0.15, 0.2) is 0 Å². The molecule has 5 heteroatoms. The zero-order valence-electron chi connectivity index (χ0n) is 9.22. The highest BCUT2D eigenvalue weighted by molar-refractivity contribution is 5.36. The number of hydrogen-bond acceptors (Lipinski definition) is 2. The van der Waals surface area contributed by atoms with Crippen molar-refractivity contribution in [2.75, 3.05) is 0 Å². The van der Waals surface area contributed by atoms with Gasteiger partial charge in [-0.05, 0) is 29.3 Å².